The minimum atomic E-state index is -0.111. The first-order chi connectivity index (χ1) is 10.5. The van der Waals surface area contributed by atoms with Gasteiger partial charge in [0.2, 0.25) is 0 Å². The normalized spacial score (nSPS) is 12.4. The van der Waals surface area contributed by atoms with Crippen LogP contribution >= 0.6 is 0 Å². The Morgan fingerprint density at radius 3 is 3.00 bits per heavy atom. The van der Waals surface area contributed by atoms with E-state index >= 15 is 0 Å². The summed E-state index contributed by atoms with van der Waals surface area (Å²) in [6, 6.07) is 5.95. The number of hydrogen-bond acceptors (Lipinski definition) is 3. The van der Waals surface area contributed by atoms with Crippen LogP contribution in [0.25, 0.3) is 11.0 Å². The average molecular weight is 304 g/mol. The maximum absolute atomic E-state index is 12.0. The van der Waals surface area contributed by atoms with E-state index in [0.717, 1.165) is 23.3 Å². The van der Waals surface area contributed by atoms with Crippen molar-refractivity contribution in [3.8, 4) is 0 Å². The standard InChI is InChI=1S/C16H24N4O2/c1-11-5-6-13-14(9-11)19-15(18-13)10-20(3)16(21)17-8-7-12(2)22-4/h5-6,9,12H,7-8,10H2,1-4H3,(H,17,21)(H,18,19)/t12-/m0/s1. The van der Waals surface area contributed by atoms with Crippen LogP contribution in [-0.4, -0.2) is 47.7 Å². The van der Waals surface area contributed by atoms with E-state index in [0.29, 0.717) is 13.1 Å². The summed E-state index contributed by atoms with van der Waals surface area (Å²) in [7, 11) is 3.43. The van der Waals surface area contributed by atoms with Gasteiger partial charge in [0.15, 0.2) is 0 Å². The fraction of sp³-hybridized carbons (Fsp3) is 0.500. The molecular weight excluding hydrogens is 280 g/mol. The van der Waals surface area contributed by atoms with Gasteiger partial charge in [-0.15, -0.1) is 0 Å². The van der Waals surface area contributed by atoms with Gasteiger partial charge >= 0.3 is 6.03 Å². The maximum atomic E-state index is 12.0. The predicted molar refractivity (Wildman–Crippen MR) is 86.8 cm³/mol. The molecule has 2 amide bonds. The van der Waals surface area contributed by atoms with Crippen LogP contribution in [0.15, 0.2) is 18.2 Å². The highest BCUT2D eigenvalue weighted by Crippen LogP contribution is 2.14. The number of carbonyl (C=O) groups is 1. The molecule has 0 aliphatic rings. The Balaban J connectivity index is 1.89. The summed E-state index contributed by atoms with van der Waals surface area (Å²) in [5, 5.41) is 2.88. The third-order valence-electron chi connectivity index (χ3n) is 3.65. The van der Waals surface area contributed by atoms with Crippen LogP contribution in [0.1, 0.15) is 24.7 Å². The smallest absolute Gasteiger partial charge is 0.317 e. The van der Waals surface area contributed by atoms with E-state index in [4.69, 9.17) is 4.74 Å². The van der Waals surface area contributed by atoms with Gasteiger partial charge in [-0.2, -0.15) is 0 Å². The van der Waals surface area contributed by atoms with Crippen molar-refractivity contribution >= 4 is 17.1 Å². The number of rotatable bonds is 6. The number of imidazole rings is 1. The number of ether oxygens (including phenoxy) is 1. The molecule has 1 aromatic heterocycles. The van der Waals surface area contributed by atoms with Crippen molar-refractivity contribution < 1.29 is 9.53 Å². The number of aryl methyl sites for hydroxylation is 1. The largest absolute Gasteiger partial charge is 0.382 e. The average Bonchev–Trinajstić information content (AvgIpc) is 2.87. The number of methoxy groups -OCH3 is 1. The fourth-order valence-corrected chi connectivity index (χ4v) is 2.18. The fourth-order valence-electron chi connectivity index (χ4n) is 2.18. The summed E-state index contributed by atoms with van der Waals surface area (Å²) in [6.45, 7) is 5.06. The monoisotopic (exact) mass is 304 g/mol. The zero-order valence-electron chi connectivity index (χ0n) is 13.6. The molecule has 0 aliphatic heterocycles. The number of aromatic amines is 1. The lowest BCUT2D eigenvalue weighted by Crippen LogP contribution is -2.38. The summed E-state index contributed by atoms with van der Waals surface area (Å²) in [5.74, 6) is 0.781. The number of urea groups is 1. The molecule has 0 bridgehead atoms. The molecule has 22 heavy (non-hydrogen) atoms. The second-order valence-electron chi connectivity index (χ2n) is 5.63. The molecule has 1 aromatic carbocycles. The molecule has 1 heterocycles. The second-order valence-corrected chi connectivity index (χ2v) is 5.63. The van der Waals surface area contributed by atoms with Gasteiger partial charge in [-0.25, -0.2) is 9.78 Å². The van der Waals surface area contributed by atoms with E-state index in [1.807, 2.05) is 26.0 Å². The summed E-state index contributed by atoms with van der Waals surface area (Å²) >= 11 is 0. The number of H-pyrrole nitrogens is 1. The highest BCUT2D eigenvalue weighted by atomic mass is 16.5. The summed E-state index contributed by atoms with van der Waals surface area (Å²) in [4.78, 5) is 21.4. The Morgan fingerprint density at radius 2 is 2.27 bits per heavy atom. The van der Waals surface area contributed by atoms with Crippen molar-refractivity contribution in [3.63, 3.8) is 0 Å². The first-order valence-electron chi connectivity index (χ1n) is 7.46. The van der Waals surface area contributed by atoms with E-state index in [-0.39, 0.29) is 12.1 Å². The molecule has 0 spiro atoms. The van der Waals surface area contributed by atoms with Crippen LogP contribution < -0.4 is 5.32 Å². The van der Waals surface area contributed by atoms with Crippen molar-refractivity contribution in [2.24, 2.45) is 0 Å². The molecule has 0 aliphatic carbocycles. The first kappa shape index (κ1) is 16.3. The number of nitrogens with zero attached hydrogens (tertiary/aromatic N) is 2. The van der Waals surface area contributed by atoms with Gasteiger partial charge < -0.3 is 19.9 Å². The van der Waals surface area contributed by atoms with Gasteiger partial charge in [0, 0.05) is 20.7 Å². The Hall–Kier alpha value is -2.08. The van der Waals surface area contributed by atoms with Gasteiger partial charge in [-0.3, -0.25) is 0 Å². The topological polar surface area (TPSA) is 70.2 Å². The molecule has 2 N–H and O–H groups in total. The van der Waals surface area contributed by atoms with Crippen molar-refractivity contribution in [1.29, 1.82) is 0 Å². The lowest BCUT2D eigenvalue weighted by molar-refractivity contribution is 0.111. The zero-order chi connectivity index (χ0) is 16.1. The lowest BCUT2D eigenvalue weighted by Gasteiger charge is -2.17. The van der Waals surface area contributed by atoms with Gasteiger partial charge in [-0.1, -0.05) is 6.07 Å². The van der Waals surface area contributed by atoms with Crippen LogP contribution in [0.3, 0.4) is 0 Å². The van der Waals surface area contributed by atoms with Crippen LogP contribution in [0, 0.1) is 6.92 Å². The van der Waals surface area contributed by atoms with Crippen LogP contribution in [-0.2, 0) is 11.3 Å². The minimum absolute atomic E-state index is 0.111. The third kappa shape index (κ3) is 4.21. The highest BCUT2D eigenvalue weighted by Gasteiger charge is 2.11. The Kier molecular flexibility index (Phi) is 5.38. The molecule has 6 heteroatoms. The highest BCUT2D eigenvalue weighted by molar-refractivity contribution is 5.76. The van der Waals surface area contributed by atoms with Crippen molar-refractivity contribution in [1.82, 2.24) is 20.2 Å². The number of hydrogen-bond donors (Lipinski definition) is 2. The molecular formula is C16H24N4O2. The molecule has 0 radical (unpaired) electrons. The van der Waals surface area contributed by atoms with Gasteiger partial charge in [-0.05, 0) is 38.0 Å². The van der Waals surface area contributed by atoms with Crippen molar-refractivity contribution in [2.45, 2.75) is 32.9 Å². The summed E-state index contributed by atoms with van der Waals surface area (Å²) in [5.41, 5.74) is 3.10. The van der Waals surface area contributed by atoms with E-state index in [2.05, 4.69) is 21.4 Å². The minimum Gasteiger partial charge on any atom is -0.382 e. The molecule has 0 saturated carbocycles. The summed E-state index contributed by atoms with van der Waals surface area (Å²) in [6.07, 6.45) is 0.934. The van der Waals surface area contributed by atoms with Crippen molar-refractivity contribution in [2.75, 3.05) is 20.7 Å². The van der Waals surface area contributed by atoms with E-state index in [9.17, 15) is 4.79 Å². The Morgan fingerprint density at radius 1 is 1.50 bits per heavy atom. The summed E-state index contributed by atoms with van der Waals surface area (Å²) < 4.78 is 5.15. The van der Waals surface area contributed by atoms with Gasteiger partial charge in [0.25, 0.3) is 0 Å². The predicted octanol–water partition coefficient (Wildman–Crippen LogP) is 2.44. The number of aromatic nitrogens is 2. The molecule has 2 rings (SSSR count). The molecule has 1 atom stereocenters. The van der Waals surface area contributed by atoms with Crippen LogP contribution in [0.2, 0.25) is 0 Å². The molecule has 6 nitrogen and oxygen atoms in total. The van der Waals surface area contributed by atoms with Crippen LogP contribution in [0.4, 0.5) is 4.79 Å². The van der Waals surface area contributed by atoms with E-state index in [1.54, 1.807) is 19.1 Å². The van der Waals surface area contributed by atoms with Crippen LogP contribution in [0.5, 0.6) is 0 Å². The van der Waals surface area contributed by atoms with E-state index < -0.39 is 0 Å². The Labute approximate surface area is 130 Å². The zero-order valence-corrected chi connectivity index (χ0v) is 13.6. The Bertz CT molecular complexity index is 638. The molecule has 0 unspecified atom stereocenters. The third-order valence-corrected chi connectivity index (χ3v) is 3.65. The number of benzene rings is 1. The maximum Gasteiger partial charge on any atom is 0.317 e. The number of fused-ring (bicyclic) bond motifs is 1. The molecule has 2 aromatic rings. The quantitative estimate of drug-likeness (QED) is 0.861. The second kappa shape index (κ2) is 7.26. The number of nitrogens with one attached hydrogen (secondary N) is 2. The van der Waals surface area contributed by atoms with Gasteiger partial charge in [0.05, 0.1) is 23.7 Å². The van der Waals surface area contributed by atoms with Crippen molar-refractivity contribution in [3.05, 3.63) is 29.6 Å². The van der Waals surface area contributed by atoms with E-state index in [1.165, 1.54) is 5.56 Å². The van der Waals surface area contributed by atoms with Gasteiger partial charge in [0.1, 0.15) is 5.82 Å². The molecule has 0 saturated heterocycles. The molecule has 0 fully saturated rings. The first-order valence-corrected chi connectivity index (χ1v) is 7.46. The number of amides is 2. The SMILES string of the molecule is CO[C@@H](C)CCNC(=O)N(C)Cc1nc2ccc(C)cc2[nH]1. The lowest BCUT2D eigenvalue weighted by atomic mass is 10.2. The molecule has 120 valence electrons. The number of carbonyl (C=O) groups excluding carboxylic acids is 1.